The van der Waals surface area contributed by atoms with Crippen molar-refractivity contribution < 1.29 is 19.1 Å². The number of carbonyl (C=O) groups excluding carboxylic acids is 2. The van der Waals surface area contributed by atoms with Crippen LogP contribution in [0, 0.1) is 6.92 Å². The van der Waals surface area contributed by atoms with Crippen molar-refractivity contribution in [3.8, 4) is 5.75 Å². The molecule has 0 saturated carbocycles. The minimum absolute atomic E-state index is 0.125. The highest BCUT2D eigenvalue weighted by Crippen LogP contribution is 2.16. The van der Waals surface area contributed by atoms with Crippen molar-refractivity contribution in [2.45, 2.75) is 6.92 Å². The van der Waals surface area contributed by atoms with Gasteiger partial charge in [-0.25, -0.2) is 4.79 Å². The maximum Gasteiger partial charge on any atom is 0.337 e. The predicted octanol–water partition coefficient (Wildman–Crippen LogP) is 2.93. The molecule has 5 nitrogen and oxygen atoms in total. The van der Waals surface area contributed by atoms with E-state index in [4.69, 9.17) is 4.74 Å². The number of aryl methyl sites for hydroxylation is 1. The molecule has 0 unspecified atom stereocenters. The first-order valence-electron chi connectivity index (χ1n) is 7.65. The molecule has 2 aromatic rings. The zero-order chi connectivity index (χ0) is 17.5. The summed E-state index contributed by atoms with van der Waals surface area (Å²) in [4.78, 5) is 25.3. The second kappa shape index (κ2) is 8.15. The lowest BCUT2D eigenvalue weighted by molar-refractivity contribution is 0.0600. The van der Waals surface area contributed by atoms with Crippen LogP contribution in [0.4, 0.5) is 0 Å². The Kier molecular flexibility index (Phi) is 5.95. The fourth-order valence-electron chi connectivity index (χ4n) is 2.20. The second-order valence-electron chi connectivity index (χ2n) is 5.41. The van der Waals surface area contributed by atoms with Gasteiger partial charge in [-0.2, -0.15) is 0 Å². The van der Waals surface area contributed by atoms with E-state index in [0.29, 0.717) is 24.3 Å². The smallest absolute Gasteiger partial charge is 0.337 e. The van der Waals surface area contributed by atoms with E-state index < -0.39 is 5.97 Å². The highest BCUT2D eigenvalue weighted by atomic mass is 16.5. The molecule has 126 valence electrons. The number of carbonyl (C=O) groups is 2. The van der Waals surface area contributed by atoms with Gasteiger partial charge in [0.2, 0.25) is 0 Å². The number of para-hydroxylation sites is 1. The summed E-state index contributed by atoms with van der Waals surface area (Å²) in [6.45, 7) is 2.85. The largest absolute Gasteiger partial charge is 0.491 e. The first-order valence-corrected chi connectivity index (χ1v) is 7.65. The Morgan fingerprint density at radius 3 is 2.25 bits per heavy atom. The third kappa shape index (κ3) is 4.35. The molecule has 0 N–H and O–H groups in total. The Labute approximate surface area is 141 Å². The molecule has 0 aromatic heterocycles. The second-order valence-corrected chi connectivity index (χ2v) is 5.41. The van der Waals surface area contributed by atoms with Gasteiger partial charge >= 0.3 is 5.97 Å². The number of hydrogen-bond acceptors (Lipinski definition) is 4. The van der Waals surface area contributed by atoms with Crippen molar-refractivity contribution >= 4 is 11.9 Å². The number of likely N-dealkylation sites (N-methyl/N-ethyl adjacent to an activating group) is 1. The predicted molar refractivity (Wildman–Crippen MR) is 91.4 cm³/mol. The number of esters is 1. The number of nitrogens with zero attached hydrogens (tertiary/aromatic N) is 1. The molecule has 0 saturated heterocycles. The summed E-state index contributed by atoms with van der Waals surface area (Å²) in [6.07, 6.45) is 0. The maximum absolute atomic E-state index is 12.4. The van der Waals surface area contributed by atoms with E-state index in [1.54, 1.807) is 36.2 Å². The van der Waals surface area contributed by atoms with Gasteiger partial charge in [0.15, 0.2) is 0 Å². The maximum atomic E-state index is 12.4. The zero-order valence-corrected chi connectivity index (χ0v) is 14.1. The molecule has 0 aliphatic rings. The van der Waals surface area contributed by atoms with Crippen LogP contribution >= 0.6 is 0 Å². The summed E-state index contributed by atoms with van der Waals surface area (Å²) in [5.74, 6) is 0.273. The van der Waals surface area contributed by atoms with Gasteiger partial charge in [-0.3, -0.25) is 4.79 Å². The first kappa shape index (κ1) is 17.5. The van der Waals surface area contributed by atoms with E-state index >= 15 is 0 Å². The summed E-state index contributed by atoms with van der Waals surface area (Å²) in [5.41, 5.74) is 1.99. The molecule has 5 heteroatoms. The fraction of sp³-hybridized carbons (Fsp3) is 0.263. The van der Waals surface area contributed by atoms with Crippen molar-refractivity contribution in [2.75, 3.05) is 27.3 Å². The molecular formula is C19H21NO4. The number of methoxy groups -OCH3 is 1. The van der Waals surface area contributed by atoms with Gasteiger partial charge in [0.25, 0.3) is 5.91 Å². The summed E-state index contributed by atoms with van der Waals surface area (Å²) in [7, 11) is 3.04. The lowest BCUT2D eigenvalue weighted by Crippen LogP contribution is -2.30. The number of ether oxygens (including phenoxy) is 2. The first-order chi connectivity index (χ1) is 11.5. The molecule has 2 aromatic carbocycles. The highest BCUT2D eigenvalue weighted by Gasteiger charge is 2.13. The van der Waals surface area contributed by atoms with Crippen molar-refractivity contribution in [1.82, 2.24) is 4.90 Å². The normalized spacial score (nSPS) is 10.1. The van der Waals surface area contributed by atoms with E-state index in [-0.39, 0.29) is 5.91 Å². The number of hydrogen-bond donors (Lipinski definition) is 0. The molecule has 0 bridgehead atoms. The van der Waals surface area contributed by atoms with Crippen molar-refractivity contribution in [1.29, 1.82) is 0 Å². The van der Waals surface area contributed by atoms with Crippen LogP contribution in [-0.2, 0) is 4.74 Å². The van der Waals surface area contributed by atoms with Crippen LogP contribution in [-0.4, -0.2) is 44.1 Å². The van der Waals surface area contributed by atoms with Gasteiger partial charge in [0, 0.05) is 12.6 Å². The van der Waals surface area contributed by atoms with Gasteiger partial charge in [0.05, 0.1) is 19.2 Å². The van der Waals surface area contributed by atoms with Gasteiger partial charge in [-0.05, 0) is 42.8 Å². The average Bonchev–Trinajstić information content (AvgIpc) is 2.62. The molecule has 1 amide bonds. The molecule has 0 aliphatic heterocycles. The third-order valence-corrected chi connectivity index (χ3v) is 3.68. The molecule has 0 radical (unpaired) electrons. The van der Waals surface area contributed by atoms with Crippen LogP contribution in [0.5, 0.6) is 5.75 Å². The number of benzene rings is 2. The fourth-order valence-corrected chi connectivity index (χ4v) is 2.20. The number of amides is 1. The third-order valence-electron chi connectivity index (χ3n) is 3.68. The Hall–Kier alpha value is -2.82. The van der Waals surface area contributed by atoms with Crippen LogP contribution in [0.25, 0.3) is 0 Å². The Bertz CT molecular complexity index is 710. The van der Waals surface area contributed by atoms with Gasteiger partial charge in [0.1, 0.15) is 12.4 Å². The molecule has 2 rings (SSSR count). The van der Waals surface area contributed by atoms with Gasteiger partial charge in [-0.1, -0.05) is 18.2 Å². The summed E-state index contributed by atoms with van der Waals surface area (Å²) < 4.78 is 10.3. The number of rotatable bonds is 6. The molecule has 0 spiro atoms. The van der Waals surface area contributed by atoms with Crippen LogP contribution in [0.2, 0.25) is 0 Å². The van der Waals surface area contributed by atoms with Crippen LogP contribution < -0.4 is 4.74 Å². The molecule has 24 heavy (non-hydrogen) atoms. The van der Waals surface area contributed by atoms with Crippen LogP contribution in [0.1, 0.15) is 26.3 Å². The van der Waals surface area contributed by atoms with E-state index in [0.717, 1.165) is 11.3 Å². The molecule has 0 fully saturated rings. The van der Waals surface area contributed by atoms with E-state index in [2.05, 4.69) is 4.74 Å². The Morgan fingerprint density at radius 2 is 1.62 bits per heavy atom. The highest BCUT2D eigenvalue weighted by molar-refractivity contribution is 5.96. The van der Waals surface area contributed by atoms with E-state index in [1.165, 1.54) is 7.11 Å². The van der Waals surface area contributed by atoms with Crippen LogP contribution in [0.15, 0.2) is 48.5 Å². The lowest BCUT2D eigenvalue weighted by atomic mass is 10.1. The minimum Gasteiger partial charge on any atom is -0.491 e. The van der Waals surface area contributed by atoms with Crippen LogP contribution in [0.3, 0.4) is 0 Å². The van der Waals surface area contributed by atoms with Crippen molar-refractivity contribution in [3.63, 3.8) is 0 Å². The molecule has 0 atom stereocenters. The standard InChI is InChI=1S/C19H21NO4/c1-14-6-4-5-7-17(14)24-13-12-20(2)18(21)15-8-10-16(11-9-15)19(22)23-3/h4-11H,12-13H2,1-3H3. The zero-order valence-electron chi connectivity index (χ0n) is 14.1. The summed E-state index contributed by atoms with van der Waals surface area (Å²) in [5, 5.41) is 0. The Morgan fingerprint density at radius 1 is 1.00 bits per heavy atom. The van der Waals surface area contributed by atoms with E-state index in [1.807, 2.05) is 31.2 Å². The van der Waals surface area contributed by atoms with Crippen molar-refractivity contribution in [3.05, 3.63) is 65.2 Å². The topological polar surface area (TPSA) is 55.8 Å². The van der Waals surface area contributed by atoms with Gasteiger partial charge in [-0.15, -0.1) is 0 Å². The molecule has 0 aliphatic carbocycles. The Balaban J connectivity index is 1.90. The summed E-state index contributed by atoms with van der Waals surface area (Å²) in [6, 6.07) is 14.2. The average molecular weight is 327 g/mol. The quantitative estimate of drug-likeness (QED) is 0.766. The molecular weight excluding hydrogens is 306 g/mol. The SMILES string of the molecule is COC(=O)c1ccc(C(=O)N(C)CCOc2ccccc2C)cc1. The van der Waals surface area contributed by atoms with Gasteiger partial charge < -0.3 is 14.4 Å². The summed E-state index contributed by atoms with van der Waals surface area (Å²) >= 11 is 0. The monoisotopic (exact) mass is 327 g/mol. The van der Waals surface area contributed by atoms with E-state index in [9.17, 15) is 9.59 Å². The molecule has 0 heterocycles. The minimum atomic E-state index is -0.422. The lowest BCUT2D eigenvalue weighted by Gasteiger charge is -2.18. The van der Waals surface area contributed by atoms with Crippen molar-refractivity contribution in [2.24, 2.45) is 0 Å².